The van der Waals surface area contributed by atoms with E-state index >= 15 is 0 Å². The highest BCUT2D eigenvalue weighted by molar-refractivity contribution is 7.91. The molecule has 0 bridgehead atoms. The molecular weight excluding hydrogens is 360 g/mol. The molecule has 150 valence electrons. The van der Waals surface area contributed by atoms with Crippen LogP contribution in [-0.2, 0) is 21.1 Å². The maximum Gasteiger partial charge on any atom is 0.224 e. The van der Waals surface area contributed by atoms with Gasteiger partial charge in [0.25, 0.3) is 0 Å². The van der Waals surface area contributed by atoms with Gasteiger partial charge in [0.1, 0.15) is 0 Å². The third-order valence-electron chi connectivity index (χ3n) is 6.03. The fraction of sp³-hybridized carbons (Fsp3) is 0.667. The van der Waals surface area contributed by atoms with E-state index in [1.807, 2.05) is 6.92 Å². The average Bonchev–Trinajstić information content (AvgIpc) is 3.02. The molecule has 0 aliphatic carbocycles. The summed E-state index contributed by atoms with van der Waals surface area (Å²) in [5, 5.41) is 0. The van der Waals surface area contributed by atoms with Crippen LogP contribution in [0, 0.1) is 5.92 Å². The van der Waals surface area contributed by atoms with Crippen molar-refractivity contribution in [1.29, 1.82) is 0 Å². The Morgan fingerprint density at radius 2 is 1.85 bits per heavy atom. The van der Waals surface area contributed by atoms with Crippen molar-refractivity contribution in [3.63, 3.8) is 0 Å². The summed E-state index contributed by atoms with van der Waals surface area (Å²) in [6.07, 6.45) is 4.59. The number of sulfone groups is 1. The minimum atomic E-state index is -2.96. The summed E-state index contributed by atoms with van der Waals surface area (Å²) >= 11 is 0. The van der Waals surface area contributed by atoms with E-state index < -0.39 is 9.84 Å². The molecule has 1 atom stereocenters. The summed E-state index contributed by atoms with van der Waals surface area (Å²) in [4.78, 5) is 16.8. The average molecular weight is 393 g/mol. The fourth-order valence-corrected chi connectivity index (χ4v) is 6.15. The lowest BCUT2D eigenvalue weighted by molar-refractivity contribution is -0.133. The first-order chi connectivity index (χ1) is 13.0. The molecule has 1 aromatic rings. The Morgan fingerprint density at radius 1 is 1.15 bits per heavy atom. The van der Waals surface area contributed by atoms with Crippen molar-refractivity contribution in [1.82, 2.24) is 9.80 Å². The number of hydrogen-bond acceptors (Lipinski definition) is 4. The summed E-state index contributed by atoms with van der Waals surface area (Å²) in [6.45, 7) is 5.42. The molecule has 1 unspecified atom stereocenters. The number of benzene rings is 1. The normalized spacial score (nSPS) is 23.4. The standard InChI is InChI=1S/C21H32N2O3S/c1-2-23(20-11-15-27(25,26)17-20)21(24)10-14-22-12-8-19(9-13-22)16-18-6-4-3-5-7-18/h3-7,19-20H,2,8-17H2,1H3. The maximum absolute atomic E-state index is 12.6. The molecule has 0 spiro atoms. The zero-order valence-electron chi connectivity index (χ0n) is 16.3. The van der Waals surface area contributed by atoms with Gasteiger partial charge in [-0.05, 0) is 57.2 Å². The number of amides is 1. The highest BCUT2D eigenvalue weighted by Crippen LogP contribution is 2.22. The zero-order chi connectivity index (χ0) is 19.3. The van der Waals surface area contributed by atoms with Crippen LogP contribution in [0.1, 0.15) is 38.2 Å². The first-order valence-electron chi connectivity index (χ1n) is 10.2. The van der Waals surface area contributed by atoms with Crippen LogP contribution in [0.15, 0.2) is 30.3 Å². The van der Waals surface area contributed by atoms with E-state index in [2.05, 4.69) is 35.2 Å². The lowest BCUT2D eigenvalue weighted by atomic mass is 9.90. The molecule has 0 saturated carbocycles. The molecule has 2 saturated heterocycles. The molecule has 1 amide bonds. The third kappa shape index (κ3) is 5.79. The second kappa shape index (κ2) is 9.20. The van der Waals surface area contributed by atoms with Gasteiger partial charge in [-0.15, -0.1) is 0 Å². The van der Waals surface area contributed by atoms with E-state index in [0.717, 1.165) is 32.0 Å². The number of carbonyl (C=O) groups excluding carboxylic acids is 1. The first kappa shape index (κ1) is 20.3. The van der Waals surface area contributed by atoms with Crippen LogP contribution >= 0.6 is 0 Å². The molecule has 2 fully saturated rings. The van der Waals surface area contributed by atoms with Crippen LogP contribution in [0.3, 0.4) is 0 Å². The van der Waals surface area contributed by atoms with Gasteiger partial charge in [0.05, 0.1) is 11.5 Å². The monoisotopic (exact) mass is 392 g/mol. The Balaban J connectivity index is 1.40. The predicted molar refractivity (Wildman–Crippen MR) is 108 cm³/mol. The highest BCUT2D eigenvalue weighted by atomic mass is 32.2. The van der Waals surface area contributed by atoms with Crippen LogP contribution in [-0.4, -0.2) is 67.9 Å². The third-order valence-corrected chi connectivity index (χ3v) is 7.78. The Morgan fingerprint density at radius 3 is 2.44 bits per heavy atom. The summed E-state index contributed by atoms with van der Waals surface area (Å²) in [5.74, 6) is 1.19. The Labute approximate surface area is 163 Å². The molecule has 3 rings (SSSR count). The molecule has 5 nitrogen and oxygen atoms in total. The van der Waals surface area contributed by atoms with Crippen molar-refractivity contribution in [2.75, 3.05) is 37.7 Å². The van der Waals surface area contributed by atoms with E-state index in [-0.39, 0.29) is 23.5 Å². The summed E-state index contributed by atoms with van der Waals surface area (Å²) in [5.41, 5.74) is 1.41. The van der Waals surface area contributed by atoms with Crippen molar-refractivity contribution in [3.05, 3.63) is 35.9 Å². The van der Waals surface area contributed by atoms with E-state index in [1.54, 1.807) is 4.90 Å². The van der Waals surface area contributed by atoms with Gasteiger partial charge in [0, 0.05) is 25.6 Å². The molecular formula is C21H32N2O3S. The summed E-state index contributed by atoms with van der Waals surface area (Å²) in [6, 6.07) is 10.5. The first-order valence-corrected chi connectivity index (χ1v) is 12.0. The van der Waals surface area contributed by atoms with Gasteiger partial charge < -0.3 is 9.80 Å². The SMILES string of the molecule is CCN(C(=O)CCN1CCC(Cc2ccccc2)CC1)C1CCS(=O)(=O)C1. The van der Waals surface area contributed by atoms with E-state index in [9.17, 15) is 13.2 Å². The highest BCUT2D eigenvalue weighted by Gasteiger charge is 2.33. The van der Waals surface area contributed by atoms with Crippen LogP contribution in [0.2, 0.25) is 0 Å². The smallest absolute Gasteiger partial charge is 0.224 e. The summed E-state index contributed by atoms with van der Waals surface area (Å²) in [7, 11) is -2.96. The molecule has 2 heterocycles. The number of piperidine rings is 1. The Kier molecular flexibility index (Phi) is 6.93. The van der Waals surface area contributed by atoms with Crippen LogP contribution in [0.25, 0.3) is 0 Å². The minimum Gasteiger partial charge on any atom is -0.339 e. The predicted octanol–water partition coefficient (Wildman–Crippen LogP) is 2.37. The Bertz CT molecular complexity index is 712. The van der Waals surface area contributed by atoms with Gasteiger partial charge in [-0.3, -0.25) is 4.79 Å². The Hall–Kier alpha value is -1.40. The number of nitrogens with zero attached hydrogens (tertiary/aromatic N) is 2. The second-order valence-corrected chi connectivity index (χ2v) is 10.2. The van der Waals surface area contributed by atoms with Gasteiger partial charge in [0.2, 0.25) is 5.91 Å². The van der Waals surface area contributed by atoms with E-state index in [1.165, 1.54) is 18.4 Å². The fourth-order valence-electron chi connectivity index (χ4n) is 4.42. The van der Waals surface area contributed by atoms with Crippen molar-refractivity contribution in [2.45, 2.75) is 45.1 Å². The van der Waals surface area contributed by atoms with E-state index in [4.69, 9.17) is 0 Å². The maximum atomic E-state index is 12.6. The van der Waals surface area contributed by atoms with Gasteiger partial charge in [-0.1, -0.05) is 30.3 Å². The molecule has 2 aliphatic heterocycles. The van der Waals surface area contributed by atoms with E-state index in [0.29, 0.717) is 19.4 Å². The lowest BCUT2D eigenvalue weighted by Crippen LogP contribution is -2.43. The van der Waals surface area contributed by atoms with Gasteiger partial charge in [-0.25, -0.2) is 8.42 Å². The molecule has 27 heavy (non-hydrogen) atoms. The van der Waals surface area contributed by atoms with Crippen molar-refractivity contribution < 1.29 is 13.2 Å². The minimum absolute atomic E-state index is 0.103. The van der Waals surface area contributed by atoms with Crippen molar-refractivity contribution in [2.24, 2.45) is 5.92 Å². The number of rotatable bonds is 7. The number of carbonyl (C=O) groups is 1. The van der Waals surface area contributed by atoms with Crippen molar-refractivity contribution >= 4 is 15.7 Å². The van der Waals surface area contributed by atoms with Crippen LogP contribution in [0.4, 0.5) is 0 Å². The second-order valence-electron chi connectivity index (χ2n) is 7.96. The zero-order valence-corrected chi connectivity index (χ0v) is 17.2. The van der Waals surface area contributed by atoms with Gasteiger partial charge in [-0.2, -0.15) is 0 Å². The number of hydrogen-bond donors (Lipinski definition) is 0. The number of likely N-dealkylation sites (tertiary alicyclic amines) is 1. The molecule has 0 N–H and O–H groups in total. The molecule has 1 aromatic carbocycles. The summed E-state index contributed by atoms with van der Waals surface area (Å²) < 4.78 is 23.4. The van der Waals surface area contributed by atoms with Crippen molar-refractivity contribution in [3.8, 4) is 0 Å². The molecule has 0 radical (unpaired) electrons. The lowest BCUT2D eigenvalue weighted by Gasteiger charge is -2.33. The topological polar surface area (TPSA) is 57.7 Å². The van der Waals surface area contributed by atoms with Gasteiger partial charge >= 0.3 is 0 Å². The quantitative estimate of drug-likeness (QED) is 0.715. The van der Waals surface area contributed by atoms with Gasteiger partial charge in [0.15, 0.2) is 9.84 Å². The largest absolute Gasteiger partial charge is 0.339 e. The van der Waals surface area contributed by atoms with Crippen LogP contribution < -0.4 is 0 Å². The molecule has 2 aliphatic rings. The van der Waals surface area contributed by atoms with Crippen LogP contribution in [0.5, 0.6) is 0 Å². The molecule has 6 heteroatoms. The molecule has 0 aromatic heterocycles.